The second-order valence-corrected chi connectivity index (χ2v) is 6.84. The zero-order valence-electron chi connectivity index (χ0n) is 17.0. The summed E-state index contributed by atoms with van der Waals surface area (Å²) in [6.45, 7) is 1.33. The van der Waals surface area contributed by atoms with E-state index in [2.05, 4.69) is 9.84 Å². The molecule has 0 N–H and O–H groups in total. The maximum Gasteiger partial charge on any atom is 0.387 e. The lowest BCUT2D eigenvalue weighted by molar-refractivity contribution is -0.125. The molecule has 0 spiro atoms. The van der Waals surface area contributed by atoms with E-state index in [4.69, 9.17) is 0 Å². The smallest absolute Gasteiger partial charge is 0.387 e. The Bertz CT molecular complexity index is 1050. The lowest BCUT2D eigenvalue weighted by Gasteiger charge is -2.16. The fraction of sp³-hybridized carbons (Fsp3) is 0.217. The van der Waals surface area contributed by atoms with Crippen molar-refractivity contribution in [2.75, 3.05) is 7.05 Å². The fourth-order valence-corrected chi connectivity index (χ4v) is 3.15. The van der Waals surface area contributed by atoms with E-state index >= 15 is 0 Å². The number of para-hydroxylation sites is 2. The van der Waals surface area contributed by atoms with Crippen LogP contribution in [0.4, 0.5) is 8.78 Å². The molecule has 1 aromatic heterocycles. The molecule has 3 rings (SSSR count). The number of aryl methyl sites for hydroxylation is 1. The molecule has 0 aliphatic rings. The Morgan fingerprint density at radius 3 is 2.50 bits per heavy atom. The van der Waals surface area contributed by atoms with Gasteiger partial charge < -0.3 is 9.64 Å². The number of benzene rings is 2. The molecule has 0 saturated heterocycles. The number of likely N-dealkylation sites (N-methyl/N-ethyl adjacent to an activating group) is 1. The molecule has 0 bridgehead atoms. The van der Waals surface area contributed by atoms with E-state index in [0.29, 0.717) is 12.1 Å². The van der Waals surface area contributed by atoms with Gasteiger partial charge in [0.15, 0.2) is 0 Å². The van der Waals surface area contributed by atoms with Gasteiger partial charge in [-0.05, 0) is 38.1 Å². The van der Waals surface area contributed by atoms with Gasteiger partial charge in [-0.2, -0.15) is 13.9 Å². The van der Waals surface area contributed by atoms with Crippen LogP contribution in [-0.4, -0.2) is 34.2 Å². The standard InChI is InChI=1S/C23H23F2N3O2/c1-16-20(17(2)28(26-16)19-10-5-4-6-11-19)15-27(3)22(29)14-13-18-9-7-8-12-21(18)30-23(24)25/h4-14,23H,15H2,1-3H3/b14-13+. The van der Waals surface area contributed by atoms with Gasteiger partial charge >= 0.3 is 6.61 Å². The highest BCUT2D eigenvalue weighted by Crippen LogP contribution is 2.22. The van der Waals surface area contributed by atoms with Gasteiger partial charge in [0.2, 0.25) is 5.91 Å². The number of alkyl halides is 2. The predicted molar refractivity (Wildman–Crippen MR) is 112 cm³/mol. The highest BCUT2D eigenvalue weighted by Gasteiger charge is 2.16. The summed E-state index contributed by atoms with van der Waals surface area (Å²) >= 11 is 0. The number of aromatic nitrogens is 2. The SMILES string of the molecule is Cc1nn(-c2ccccc2)c(C)c1CN(C)C(=O)/C=C/c1ccccc1OC(F)F. The van der Waals surface area contributed by atoms with Crippen molar-refractivity contribution in [3.8, 4) is 11.4 Å². The average Bonchev–Trinajstić information content (AvgIpc) is 3.01. The summed E-state index contributed by atoms with van der Waals surface area (Å²) in [7, 11) is 1.69. The second kappa shape index (κ2) is 9.35. The van der Waals surface area contributed by atoms with E-state index in [1.165, 1.54) is 18.2 Å². The topological polar surface area (TPSA) is 47.4 Å². The van der Waals surface area contributed by atoms with E-state index < -0.39 is 6.61 Å². The average molecular weight is 411 g/mol. The third kappa shape index (κ3) is 4.92. The third-order valence-corrected chi connectivity index (χ3v) is 4.75. The normalized spacial score (nSPS) is 11.3. The number of amides is 1. The highest BCUT2D eigenvalue weighted by molar-refractivity contribution is 5.92. The second-order valence-electron chi connectivity index (χ2n) is 6.84. The van der Waals surface area contributed by atoms with Crippen molar-refractivity contribution in [2.45, 2.75) is 27.0 Å². The molecule has 0 fully saturated rings. The van der Waals surface area contributed by atoms with Gasteiger partial charge in [0, 0.05) is 36.5 Å². The van der Waals surface area contributed by atoms with Gasteiger partial charge in [-0.1, -0.05) is 36.4 Å². The van der Waals surface area contributed by atoms with E-state index in [1.807, 2.05) is 48.9 Å². The van der Waals surface area contributed by atoms with Crippen LogP contribution in [0.25, 0.3) is 11.8 Å². The highest BCUT2D eigenvalue weighted by atomic mass is 19.3. The molecule has 0 aliphatic carbocycles. The zero-order chi connectivity index (χ0) is 21.7. The van der Waals surface area contributed by atoms with Crippen LogP contribution < -0.4 is 4.74 Å². The Morgan fingerprint density at radius 2 is 1.80 bits per heavy atom. The Labute approximate surface area is 174 Å². The van der Waals surface area contributed by atoms with Gasteiger partial charge in [-0.15, -0.1) is 0 Å². The lowest BCUT2D eigenvalue weighted by atomic mass is 10.1. The number of ether oxygens (including phenoxy) is 1. The largest absolute Gasteiger partial charge is 0.434 e. The zero-order valence-corrected chi connectivity index (χ0v) is 17.0. The first-order valence-corrected chi connectivity index (χ1v) is 9.44. The Morgan fingerprint density at radius 1 is 1.13 bits per heavy atom. The van der Waals surface area contributed by atoms with Gasteiger partial charge in [0.1, 0.15) is 5.75 Å². The van der Waals surface area contributed by atoms with Crippen LogP contribution in [0.3, 0.4) is 0 Å². The molecular weight excluding hydrogens is 388 g/mol. The molecule has 5 nitrogen and oxygen atoms in total. The number of carbonyl (C=O) groups excluding carboxylic acids is 1. The van der Waals surface area contributed by atoms with Crippen molar-refractivity contribution in [3.63, 3.8) is 0 Å². The van der Waals surface area contributed by atoms with Gasteiger partial charge in [0.25, 0.3) is 0 Å². The Hall–Kier alpha value is -3.48. The molecule has 7 heteroatoms. The van der Waals surface area contributed by atoms with E-state index in [1.54, 1.807) is 30.1 Å². The van der Waals surface area contributed by atoms with Crippen LogP contribution >= 0.6 is 0 Å². The Balaban J connectivity index is 1.74. The first kappa shape index (κ1) is 21.2. The summed E-state index contributed by atoms with van der Waals surface area (Å²) in [5, 5.41) is 4.60. The number of rotatable bonds is 7. The molecule has 156 valence electrons. The third-order valence-electron chi connectivity index (χ3n) is 4.75. The molecule has 1 amide bonds. The van der Waals surface area contributed by atoms with E-state index in [-0.39, 0.29) is 11.7 Å². The molecule has 0 saturated carbocycles. The van der Waals surface area contributed by atoms with Crippen LogP contribution in [0, 0.1) is 13.8 Å². The molecule has 3 aromatic rings. The quantitative estimate of drug-likeness (QED) is 0.527. The summed E-state index contributed by atoms with van der Waals surface area (Å²) in [4.78, 5) is 14.1. The van der Waals surface area contributed by atoms with Gasteiger partial charge in [-0.3, -0.25) is 4.79 Å². The Kier molecular flexibility index (Phi) is 6.61. The molecule has 1 heterocycles. The van der Waals surface area contributed by atoms with Gasteiger partial charge in [-0.25, -0.2) is 4.68 Å². The first-order valence-electron chi connectivity index (χ1n) is 9.44. The van der Waals surface area contributed by atoms with Crippen molar-refractivity contribution >= 4 is 12.0 Å². The molecule has 2 aromatic carbocycles. The van der Waals surface area contributed by atoms with Crippen molar-refractivity contribution in [3.05, 3.63) is 83.2 Å². The van der Waals surface area contributed by atoms with Crippen molar-refractivity contribution in [1.29, 1.82) is 0 Å². The monoisotopic (exact) mass is 411 g/mol. The summed E-state index contributed by atoms with van der Waals surface area (Å²) in [5.74, 6) is -0.233. The van der Waals surface area contributed by atoms with Crippen LogP contribution in [0.2, 0.25) is 0 Å². The molecule has 30 heavy (non-hydrogen) atoms. The summed E-state index contributed by atoms with van der Waals surface area (Å²) < 4.78 is 31.4. The molecule has 0 aliphatic heterocycles. The van der Waals surface area contributed by atoms with Crippen molar-refractivity contribution < 1.29 is 18.3 Å². The van der Waals surface area contributed by atoms with Crippen LogP contribution in [-0.2, 0) is 11.3 Å². The molecule has 0 unspecified atom stereocenters. The number of carbonyl (C=O) groups is 1. The number of hydrogen-bond acceptors (Lipinski definition) is 3. The number of hydrogen-bond donors (Lipinski definition) is 0. The fourth-order valence-electron chi connectivity index (χ4n) is 3.15. The number of nitrogens with zero attached hydrogens (tertiary/aromatic N) is 3. The summed E-state index contributed by atoms with van der Waals surface area (Å²) in [5.41, 5.74) is 4.12. The van der Waals surface area contributed by atoms with Crippen molar-refractivity contribution in [1.82, 2.24) is 14.7 Å². The number of halogens is 2. The van der Waals surface area contributed by atoms with E-state index in [0.717, 1.165) is 22.6 Å². The molecule has 0 atom stereocenters. The first-order chi connectivity index (χ1) is 14.4. The summed E-state index contributed by atoms with van der Waals surface area (Å²) in [6.07, 6.45) is 2.82. The minimum absolute atomic E-state index is 0.0232. The predicted octanol–water partition coefficient (Wildman–Crippen LogP) is 4.76. The van der Waals surface area contributed by atoms with Gasteiger partial charge in [0.05, 0.1) is 11.4 Å². The maximum absolute atomic E-state index is 12.6. The summed E-state index contributed by atoms with van der Waals surface area (Å²) in [6, 6.07) is 16.1. The van der Waals surface area contributed by atoms with Crippen LogP contribution in [0.5, 0.6) is 5.75 Å². The van der Waals surface area contributed by atoms with E-state index in [9.17, 15) is 13.6 Å². The lowest BCUT2D eigenvalue weighted by Crippen LogP contribution is -2.24. The minimum Gasteiger partial charge on any atom is -0.434 e. The molecular formula is C23H23F2N3O2. The van der Waals surface area contributed by atoms with Crippen LogP contribution in [0.15, 0.2) is 60.7 Å². The van der Waals surface area contributed by atoms with Crippen molar-refractivity contribution in [2.24, 2.45) is 0 Å². The van der Waals surface area contributed by atoms with Crippen LogP contribution in [0.1, 0.15) is 22.5 Å². The molecule has 0 radical (unpaired) electrons. The maximum atomic E-state index is 12.6. The minimum atomic E-state index is -2.93.